The van der Waals surface area contributed by atoms with Crippen LogP contribution in [0.3, 0.4) is 0 Å². The number of hydrogen-bond acceptors (Lipinski definition) is 2. The number of unbranched alkanes of at least 4 members (excludes halogenated alkanes) is 2. The molecule has 1 heterocycles. The summed E-state index contributed by atoms with van der Waals surface area (Å²) in [7, 11) is 0. The van der Waals surface area contributed by atoms with E-state index in [1.807, 2.05) is 0 Å². The molecule has 2 atom stereocenters. The lowest BCUT2D eigenvalue weighted by molar-refractivity contribution is -0.00280. The number of rotatable bonds is 7. The molecule has 0 saturated carbocycles. The lowest BCUT2D eigenvalue weighted by Crippen LogP contribution is -2.25. The van der Waals surface area contributed by atoms with Crippen molar-refractivity contribution in [2.45, 2.75) is 64.4 Å². The van der Waals surface area contributed by atoms with Crippen LogP contribution in [0.4, 0.5) is 8.78 Å². The smallest absolute Gasteiger partial charge is 0.200 e. The molecule has 2 nitrogen and oxygen atoms in total. The first-order valence-corrected chi connectivity index (χ1v) is 8.39. The minimum Gasteiger partial charge on any atom is -0.491 e. The Morgan fingerprint density at radius 2 is 1.95 bits per heavy atom. The number of hydrogen-bond donors (Lipinski definition) is 0. The minimum atomic E-state index is -0.885. The summed E-state index contributed by atoms with van der Waals surface area (Å²) in [6, 6.07) is 3.15. The summed E-state index contributed by atoms with van der Waals surface area (Å²) in [5.74, 6) is -1.75. The van der Waals surface area contributed by atoms with E-state index in [1.165, 1.54) is 25.3 Å². The molecule has 0 aromatic heterocycles. The summed E-state index contributed by atoms with van der Waals surface area (Å²) in [6.07, 6.45) is 6.72. The minimum absolute atomic E-state index is 0.0158. The summed E-state index contributed by atoms with van der Waals surface area (Å²) in [5.41, 5.74) is 0.410. The van der Waals surface area contributed by atoms with Gasteiger partial charge >= 0.3 is 0 Å². The van der Waals surface area contributed by atoms with Crippen LogP contribution in [-0.2, 0) is 4.74 Å². The molecule has 0 unspecified atom stereocenters. The lowest BCUT2D eigenvalue weighted by atomic mass is 9.89. The Hall–Kier alpha value is -1.16. The van der Waals surface area contributed by atoms with E-state index in [0.29, 0.717) is 18.8 Å². The Bertz CT molecular complexity index is 468. The lowest BCUT2D eigenvalue weighted by Gasteiger charge is -2.29. The van der Waals surface area contributed by atoms with Gasteiger partial charge in [-0.1, -0.05) is 32.3 Å². The molecule has 2 rings (SSSR count). The second-order valence-corrected chi connectivity index (χ2v) is 5.94. The van der Waals surface area contributed by atoms with Gasteiger partial charge in [-0.15, -0.1) is 0 Å². The van der Waals surface area contributed by atoms with Crippen LogP contribution in [0.1, 0.15) is 63.9 Å². The Morgan fingerprint density at radius 1 is 1.14 bits per heavy atom. The van der Waals surface area contributed by atoms with Gasteiger partial charge in [-0.05, 0) is 37.8 Å². The molecule has 0 N–H and O–H groups in total. The quantitative estimate of drug-likeness (QED) is 0.644. The maximum atomic E-state index is 14.2. The predicted octanol–water partition coefficient (Wildman–Crippen LogP) is 5.21. The van der Waals surface area contributed by atoms with Gasteiger partial charge in [0.25, 0.3) is 0 Å². The highest BCUT2D eigenvalue weighted by Gasteiger charge is 2.26. The van der Waals surface area contributed by atoms with Gasteiger partial charge in [0.05, 0.1) is 19.3 Å². The number of benzene rings is 1. The van der Waals surface area contributed by atoms with Crippen molar-refractivity contribution >= 4 is 0 Å². The maximum absolute atomic E-state index is 14.2. The molecule has 124 valence electrons. The average molecular weight is 312 g/mol. The fourth-order valence-corrected chi connectivity index (χ4v) is 3.03. The van der Waals surface area contributed by atoms with Crippen LogP contribution in [0, 0.1) is 11.6 Å². The molecule has 0 radical (unpaired) electrons. The van der Waals surface area contributed by atoms with Crippen LogP contribution >= 0.6 is 0 Å². The van der Waals surface area contributed by atoms with Crippen molar-refractivity contribution in [3.63, 3.8) is 0 Å². The van der Waals surface area contributed by atoms with Gasteiger partial charge in [0.15, 0.2) is 11.6 Å². The third-order valence-corrected chi connectivity index (χ3v) is 4.32. The zero-order chi connectivity index (χ0) is 15.9. The molecular weight excluding hydrogens is 286 g/mol. The van der Waals surface area contributed by atoms with Gasteiger partial charge in [0, 0.05) is 5.92 Å². The van der Waals surface area contributed by atoms with Crippen LogP contribution in [0.2, 0.25) is 0 Å². The first-order chi connectivity index (χ1) is 10.7. The highest BCUT2D eigenvalue weighted by molar-refractivity contribution is 5.33. The normalized spacial score (nSPS) is 21.8. The first-order valence-electron chi connectivity index (χ1n) is 8.39. The van der Waals surface area contributed by atoms with Gasteiger partial charge < -0.3 is 9.47 Å². The second kappa shape index (κ2) is 8.47. The molecule has 1 aromatic rings. The Morgan fingerprint density at radius 3 is 2.59 bits per heavy atom. The fourth-order valence-electron chi connectivity index (χ4n) is 3.03. The Balaban J connectivity index is 1.95. The average Bonchev–Trinajstić information content (AvgIpc) is 2.53. The summed E-state index contributed by atoms with van der Waals surface area (Å²) in [6.45, 7) is 4.72. The molecule has 0 bridgehead atoms. The SMILES string of the molecule is CCCCC[C@H]1CC[C@H](c2ccc(OCC)c(F)c2F)CO1. The maximum Gasteiger partial charge on any atom is 0.200 e. The molecule has 4 heteroatoms. The zero-order valence-corrected chi connectivity index (χ0v) is 13.5. The zero-order valence-electron chi connectivity index (χ0n) is 13.5. The highest BCUT2D eigenvalue weighted by Crippen LogP contribution is 2.34. The molecule has 22 heavy (non-hydrogen) atoms. The molecular formula is C18H26F2O2. The van der Waals surface area contributed by atoms with E-state index >= 15 is 0 Å². The topological polar surface area (TPSA) is 18.5 Å². The van der Waals surface area contributed by atoms with Gasteiger partial charge in [-0.3, -0.25) is 0 Å². The summed E-state index contributed by atoms with van der Waals surface area (Å²) >= 11 is 0. The van der Waals surface area contributed by atoms with E-state index in [4.69, 9.17) is 9.47 Å². The number of halogens is 2. The number of ether oxygens (including phenoxy) is 2. The van der Waals surface area contributed by atoms with Gasteiger partial charge in [0.2, 0.25) is 5.82 Å². The van der Waals surface area contributed by atoms with Crippen LogP contribution in [0.25, 0.3) is 0 Å². The largest absolute Gasteiger partial charge is 0.491 e. The first kappa shape index (κ1) is 17.2. The second-order valence-electron chi connectivity index (χ2n) is 5.94. The van der Waals surface area contributed by atoms with Gasteiger partial charge in [0.1, 0.15) is 0 Å². The molecule has 0 aliphatic carbocycles. The van der Waals surface area contributed by atoms with E-state index in [1.54, 1.807) is 13.0 Å². The van der Waals surface area contributed by atoms with Crippen LogP contribution in [0.15, 0.2) is 12.1 Å². The van der Waals surface area contributed by atoms with Crippen LogP contribution < -0.4 is 4.74 Å². The van der Waals surface area contributed by atoms with Gasteiger partial charge in [-0.25, -0.2) is 4.39 Å². The van der Waals surface area contributed by atoms with Crippen molar-refractivity contribution in [2.24, 2.45) is 0 Å². The van der Waals surface area contributed by atoms with Crippen molar-refractivity contribution in [2.75, 3.05) is 13.2 Å². The van der Waals surface area contributed by atoms with Crippen molar-refractivity contribution in [1.82, 2.24) is 0 Å². The fraction of sp³-hybridized carbons (Fsp3) is 0.667. The molecule has 1 aliphatic rings. The predicted molar refractivity (Wildman–Crippen MR) is 83.4 cm³/mol. The standard InChI is InChI=1S/C18H26F2O2/c1-3-5-6-7-14-9-8-13(12-22-14)15-10-11-16(21-4-2)18(20)17(15)19/h10-11,13-14H,3-9,12H2,1-2H3/t13-,14-/m0/s1. The van der Waals surface area contributed by atoms with Crippen LogP contribution in [0.5, 0.6) is 5.75 Å². The molecule has 1 fully saturated rings. The van der Waals surface area contributed by atoms with Crippen molar-refractivity contribution < 1.29 is 18.3 Å². The Kier molecular flexibility index (Phi) is 6.62. The van der Waals surface area contributed by atoms with E-state index in [9.17, 15) is 8.78 Å². The third-order valence-electron chi connectivity index (χ3n) is 4.32. The molecule has 1 aromatic carbocycles. The molecule has 0 spiro atoms. The van der Waals surface area contributed by atoms with E-state index in [0.717, 1.165) is 19.3 Å². The summed E-state index contributed by atoms with van der Waals surface area (Å²) < 4.78 is 39.1. The molecule has 1 aliphatic heterocycles. The monoisotopic (exact) mass is 312 g/mol. The van der Waals surface area contributed by atoms with E-state index in [-0.39, 0.29) is 17.8 Å². The van der Waals surface area contributed by atoms with Gasteiger partial charge in [-0.2, -0.15) is 4.39 Å². The van der Waals surface area contributed by atoms with Crippen molar-refractivity contribution in [3.8, 4) is 5.75 Å². The third kappa shape index (κ3) is 4.19. The summed E-state index contributed by atoms with van der Waals surface area (Å²) in [4.78, 5) is 0. The van der Waals surface area contributed by atoms with Crippen molar-refractivity contribution in [1.29, 1.82) is 0 Å². The summed E-state index contributed by atoms with van der Waals surface area (Å²) in [5, 5.41) is 0. The van der Waals surface area contributed by atoms with E-state index < -0.39 is 11.6 Å². The van der Waals surface area contributed by atoms with Crippen LogP contribution in [-0.4, -0.2) is 19.3 Å². The highest BCUT2D eigenvalue weighted by atomic mass is 19.2. The van der Waals surface area contributed by atoms with Crippen molar-refractivity contribution in [3.05, 3.63) is 29.3 Å². The molecule has 1 saturated heterocycles. The molecule has 0 amide bonds. The van der Waals surface area contributed by atoms with E-state index in [2.05, 4.69) is 6.92 Å². The Labute approximate surface area is 131 Å².